The SMILES string of the molecule is Fc1cc(F)cc(Cn2cc(I)cn2)c1. The van der Waals surface area contributed by atoms with E-state index in [0.29, 0.717) is 12.1 Å². The lowest BCUT2D eigenvalue weighted by atomic mass is 10.2. The monoisotopic (exact) mass is 320 g/mol. The molecule has 0 amide bonds. The maximum absolute atomic E-state index is 12.9. The van der Waals surface area contributed by atoms with Gasteiger partial charge in [0.1, 0.15) is 11.6 Å². The van der Waals surface area contributed by atoms with Gasteiger partial charge >= 0.3 is 0 Å². The molecule has 78 valence electrons. The van der Waals surface area contributed by atoms with Crippen LogP contribution in [-0.4, -0.2) is 9.78 Å². The molecule has 1 heterocycles. The summed E-state index contributed by atoms with van der Waals surface area (Å²) in [5, 5.41) is 4.03. The van der Waals surface area contributed by atoms with Crippen LogP contribution in [0.15, 0.2) is 30.6 Å². The third-order valence-electron chi connectivity index (χ3n) is 1.87. The highest BCUT2D eigenvalue weighted by molar-refractivity contribution is 14.1. The van der Waals surface area contributed by atoms with Gasteiger partial charge in [0.25, 0.3) is 0 Å². The van der Waals surface area contributed by atoms with Crippen molar-refractivity contribution in [2.45, 2.75) is 6.54 Å². The zero-order valence-electron chi connectivity index (χ0n) is 7.62. The van der Waals surface area contributed by atoms with Crippen LogP contribution in [0, 0.1) is 15.2 Å². The van der Waals surface area contributed by atoms with Gasteiger partial charge in [0, 0.05) is 12.3 Å². The fourth-order valence-electron chi connectivity index (χ4n) is 1.31. The zero-order valence-corrected chi connectivity index (χ0v) is 9.78. The van der Waals surface area contributed by atoms with E-state index < -0.39 is 11.6 Å². The van der Waals surface area contributed by atoms with Crippen LogP contribution in [0.1, 0.15) is 5.56 Å². The molecular weight excluding hydrogens is 313 g/mol. The third-order valence-corrected chi connectivity index (χ3v) is 2.43. The van der Waals surface area contributed by atoms with Gasteiger partial charge in [-0.15, -0.1) is 0 Å². The summed E-state index contributed by atoms with van der Waals surface area (Å²) in [5.74, 6) is -1.13. The molecule has 0 unspecified atom stereocenters. The highest BCUT2D eigenvalue weighted by atomic mass is 127. The number of benzene rings is 1. The first-order chi connectivity index (χ1) is 7.13. The highest BCUT2D eigenvalue weighted by Gasteiger charge is 2.02. The Morgan fingerprint density at radius 1 is 1.20 bits per heavy atom. The largest absolute Gasteiger partial charge is 0.267 e. The van der Waals surface area contributed by atoms with E-state index >= 15 is 0 Å². The Kier molecular flexibility index (Phi) is 2.99. The standard InChI is InChI=1S/C10H7F2IN2/c11-8-1-7(2-9(12)3-8)5-15-6-10(13)4-14-15/h1-4,6H,5H2. The minimum atomic E-state index is -0.563. The van der Waals surface area contributed by atoms with Crippen molar-refractivity contribution < 1.29 is 8.78 Å². The highest BCUT2D eigenvalue weighted by Crippen LogP contribution is 2.10. The summed E-state index contributed by atoms with van der Waals surface area (Å²) in [6.45, 7) is 0.373. The first-order valence-corrected chi connectivity index (χ1v) is 5.34. The smallest absolute Gasteiger partial charge is 0.126 e. The van der Waals surface area contributed by atoms with Crippen LogP contribution in [0.3, 0.4) is 0 Å². The summed E-state index contributed by atoms with van der Waals surface area (Å²) in [6, 6.07) is 3.46. The van der Waals surface area contributed by atoms with E-state index in [1.165, 1.54) is 12.1 Å². The molecule has 0 aliphatic heterocycles. The molecule has 15 heavy (non-hydrogen) atoms. The molecule has 0 radical (unpaired) electrons. The van der Waals surface area contributed by atoms with E-state index in [0.717, 1.165) is 9.64 Å². The van der Waals surface area contributed by atoms with Crippen LogP contribution in [-0.2, 0) is 6.54 Å². The summed E-state index contributed by atoms with van der Waals surface area (Å²) in [7, 11) is 0. The van der Waals surface area contributed by atoms with E-state index in [9.17, 15) is 8.78 Å². The Bertz CT molecular complexity index is 462. The van der Waals surface area contributed by atoms with Crippen molar-refractivity contribution in [2.24, 2.45) is 0 Å². The molecule has 0 aliphatic carbocycles. The second kappa shape index (κ2) is 4.26. The second-order valence-electron chi connectivity index (χ2n) is 3.13. The zero-order chi connectivity index (χ0) is 10.8. The molecule has 0 fully saturated rings. The summed E-state index contributed by atoms with van der Waals surface area (Å²) in [5.41, 5.74) is 0.562. The Labute approximate surface area is 99.1 Å². The van der Waals surface area contributed by atoms with Crippen LogP contribution < -0.4 is 0 Å². The Morgan fingerprint density at radius 2 is 1.87 bits per heavy atom. The summed E-state index contributed by atoms with van der Waals surface area (Å²) >= 11 is 2.13. The maximum atomic E-state index is 12.9. The Morgan fingerprint density at radius 3 is 2.40 bits per heavy atom. The molecule has 2 rings (SSSR count). The average molecular weight is 320 g/mol. The number of aromatic nitrogens is 2. The van der Waals surface area contributed by atoms with Crippen LogP contribution >= 0.6 is 22.6 Å². The molecule has 0 aliphatic rings. The number of halogens is 3. The van der Waals surface area contributed by atoms with E-state index in [1.807, 2.05) is 6.20 Å². The van der Waals surface area contributed by atoms with Crippen molar-refractivity contribution in [2.75, 3.05) is 0 Å². The summed E-state index contributed by atoms with van der Waals surface area (Å²) in [4.78, 5) is 0. The van der Waals surface area contributed by atoms with Crippen molar-refractivity contribution in [3.63, 3.8) is 0 Å². The quantitative estimate of drug-likeness (QED) is 0.778. The first-order valence-electron chi connectivity index (χ1n) is 4.26. The number of nitrogens with zero attached hydrogens (tertiary/aromatic N) is 2. The minimum absolute atomic E-state index is 0.373. The van der Waals surface area contributed by atoms with Gasteiger partial charge in [0.05, 0.1) is 16.3 Å². The predicted octanol–water partition coefficient (Wildman–Crippen LogP) is 2.81. The molecule has 1 aromatic carbocycles. The molecule has 0 saturated heterocycles. The van der Waals surface area contributed by atoms with Crippen LogP contribution in [0.25, 0.3) is 0 Å². The average Bonchev–Trinajstić information content (AvgIpc) is 2.49. The third kappa shape index (κ3) is 2.74. The van der Waals surface area contributed by atoms with E-state index in [-0.39, 0.29) is 0 Å². The molecule has 0 saturated carbocycles. The van der Waals surface area contributed by atoms with E-state index in [2.05, 4.69) is 27.7 Å². The summed E-state index contributed by atoms with van der Waals surface area (Å²) in [6.07, 6.45) is 3.50. The van der Waals surface area contributed by atoms with Crippen LogP contribution in [0.5, 0.6) is 0 Å². The van der Waals surface area contributed by atoms with E-state index in [1.54, 1.807) is 10.9 Å². The number of hydrogen-bond acceptors (Lipinski definition) is 1. The van der Waals surface area contributed by atoms with Gasteiger partial charge in [-0.2, -0.15) is 5.10 Å². The van der Waals surface area contributed by atoms with Gasteiger partial charge in [0.15, 0.2) is 0 Å². The van der Waals surface area contributed by atoms with Crippen LogP contribution in [0.2, 0.25) is 0 Å². The maximum Gasteiger partial charge on any atom is 0.126 e. The topological polar surface area (TPSA) is 17.8 Å². The van der Waals surface area contributed by atoms with Crippen molar-refractivity contribution >= 4 is 22.6 Å². The van der Waals surface area contributed by atoms with Gasteiger partial charge in [-0.3, -0.25) is 4.68 Å². The molecule has 0 spiro atoms. The van der Waals surface area contributed by atoms with Crippen LogP contribution in [0.4, 0.5) is 8.78 Å². The lowest BCUT2D eigenvalue weighted by molar-refractivity contribution is 0.574. The van der Waals surface area contributed by atoms with Gasteiger partial charge in [-0.25, -0.2) is 8.78 Å². The molecule has 0 atom stereocenters. The van der Waals surface area contributed by atoms with Crippen molar-refractivity contribution in [1.29, 1.82) is 0 Å². The second-order valence-corrected chi connectivity index (χ2v) is 4.38. The molecule has 2 aromatic rings. The molecule has 1 aromatic heterocycles. The fraction of sp³-hybridized carbons (Fsp3) is 0.100. The number of rotatable bonds is 2. The van der Waals surface area contributed by atoms with Crippen molar-refractivity contribution in [1.82, 2.24) is 9.78 Å². The first kappa shape index (κ1) is 10.5. The Hall–Kier alpha value is -0.980. The molecule has 0 N–H and O–H groups in total. The normalized spacial score (nSPS) is 10.6. The number of hydrogen-bond donors (Lipinski definition) is 0. The van der Waals surface area contributed by atoms with Gasteiger partial charge < -0.3 is 0 Å². The molecule has 0 bridgehead atoms. The van der Waals surface area contributed by atoms with Gasteiger partial charge in [0.2, 0.25) is 0 Å². The minimum Gasteiger partial charge on any atom is -0.267 e. The van der Waals surface area contributed by atoms with E-state index in [4.69, 9.17) is 0 Å². The van der Waals surface area contributed by atoms with Crippen molar-refractivity contribution in [3.8, 4) is 0 Å². The lowest BCUT2D eigenvalue weighted by Gasteiger charge is -2.02. The van der Waals surface area contributed by atoms with Gasteiger partial charge in [-0.1, -0.05) is 0 Å². The van der Waals surface area contributed by atoms with Crippen molar-refractivity contribution in [3.05, 3.63) is 51.4 Å². The fourth-order valence-corrected chi connectivity index (χ4v) is 1.76. The molecular formula is C10H7F2IN2. The molecule has 2 nitrogen and oxygen atoms in total. The molecule has 5 heteroatoms. The summed E-state index contributed by atoms with van der Waals surface area (Å²) < 4.78 is 28.4. The predicted molar refractivity (Wildman–Crippen MR) is 60.4 cm³/mol. The Balaban J connectivity index is 2.24. The lowest BCUT2D eigenvalue weighted by Crippen LogP contribution is -2.00. The van der Waals surface area contributed by atoms with Gasteiger partial charge in [-0.05, 0) is 40.3 Å².